The Morgan fingerprint density at radius 2 is 1.16 bits per heavy atom. The zero-order valence-corrected chi connectivity index (χ0v) is 27.6. The Balaban J connectivity index is 1.20. The summed E-state index contributed by atoms with van der Waals surface area (Å²) in [6.07, 6.45) is 3.64. The summed E-state index contributed by atoms with van der Waals surface area (Å²) >= 11 is 1.84. The fraction of sp³-hybridized carbons (Fsp3) is 0. The van der Waals surface area contributed by atoms with Gasteiger partial charge in [-0.1, -0.05) is 97.1 Å². The molecule has 10 aromatic rings. The first-order chi connectivity index (χ1) is 24.8. The van der Waals surface area contributed by atoms with E-state index in [1.165, 1.54) is 20.2 Å². The van der Waals surface area contributed by atoms with Gasteiger partial charge >= 0.3 is 0 Å². The highest BCUT2D eigenvalue weighted by Gasteiger charge is 2.20. The second-order valence-corrected chi connectivity index (χ2v) is 13.5. The van der Waals surface area contributed by atoms with E-state index in [1.54, 1.807) is 0 Å². The van der Waals surface area contributed by atoms with Crippen LogP contribution in [0.3, 0.4) is 0 Å². The number of hydrogen-bond acceptors (Lipinski definition) is 5. The van der Waals surface area contributed by atoms with Gasteiger partial charge in [0.15, 0.2) is 5.82 Å². The molecule has 0 atom stereocenters. The fourth-order valence-corrected chi connectivity index (χ4v) is 8.10. The molecule has 50 heavy (non-hydrogen) atoms. The number of hydrogen-bond donors (Lipinski definition) is 0. The molecule has 0 fully saturated rings. The molecule has 0 aliphatic heterocycles. The Hall–Kier alpha value is -6.43. The van der Waals surface area contributed by atoms with E-state index in [4.69, 9.17) is 14.4 Å². The minimum absolute atomic E-state index is 0.663. The summed E-state index contributed by atoms with van der Waals surface area (Å²) < 4.78 is 9.33. The molecule has 6 aromatic carbocycles. The molecule has 0 amide bonds. The van der Waals surface area contributed by atoms with Crippen LogP contribution >= 0.6 is 11.3 Å². The molecule has 0 aliphatic rings. The largest absolute Gasteiger partial charge is 0.455 e. The second-order valence-electron chi connectivity index (χ2n) is 12.4. The lowest BCUT2D eigenvalue weighted by Gasteiger charge is -2.12. The van der Waals surface area contributed by atoms with E-state index in [0.29, 0.717) is 5.82 Å². The SMILES string of the molecule is c1ccc(-c2nc(-c3cccc(-c4ccncc4)c3)cc(-c3ccc(-c4ccc5sc6ccccc6c5c4)c4c3oc3ccccc34)n2)cc1. The highest BCUT2D eigenvalue weighted by Crippen LogP contribution is 2.44. The molecule has 0 unspecified atom stereocenters. The second kappa shape index (κ2) is 11.6. The first-order valence-electron chi connectivity index (χ1n) is 16.6. The Morgan fingerprint density at radius 1 is 0.440 bits per heavy atom. The highest BCUT2D eigenvalue weighted by molar-refractivity contribution is 7.25. The normalized spacial score (nSPS) is 11.6. The number of para-hydroxylation sites is 1. The van der Waals surface area contributed by atoms with Crippen LogP contribution in [-0.2, 0) is 0 Å². The lowest BCUT2D eigenvalue weighted by molar-refractivity contribution is 0.670. The van der Waals surface area contributed by atoms with Crippen LogP contribution < -0.4 is 0 Å². The lowest BCUT2D eigenvalue weighted by Crippen LogP contribution is -1.96. The Kier molecular flexibility index (Phi) is 6.64. The van der Waals surface area contributed by atoms with E-state index in [2.05, 4.69) is 114 Å². The molecule has 0 spiro atoms. The summed E-state index contributed by atoms with van der Waals surface area (Å²) in [4.78, 5) is 14.5. The molecular formula is C45H27N3OS. The predicted molar refractivity (Wildman–Crippen MR) is 207 cm³/mol. The average Bonchev–Trinajstić information content (AvgIpc) is 3.77. The van der Waals surface area contributed by atoms with Gasteiger partial charge < -0.3 is 4.42 Å². The van der Waals surface area contributed by atoms with E-state index in [-0.39, 0.29) is 0 Å². The molecule has 0 radical (unpaired) electrons. The zero-order chi connectivity index (χ0) is 33.0. The third-order valence-corrected chi connectivity index (χ3v) is 10.6. The highest BCUT2D eigenvalue weighted by atomic mass is 32.1. The maximum absolute atomic E-state index is 6.75. The van der Waals surface area contributed by atoms with Crippen molar-refractivity contribution in [3.05, 3.63) is 164 Å². The van der Waals surface area contributed by atoms with Gasteiger partial charge in [0.25, 0.3) is 0 Å². The molecule has 0 N–H and O–H groups in total. The van der Waals surface area contributed by atoms with Crippen molar-refractivity contribution < 1.29 is 4.42 Å². The number of fused-ring (bicyclic) bond motifs is 6. The maximum atomic E-state index is 6.75. The minimum Gasteiger partial charge on any atom is -0.455 e. The summed E-state index contributed by atoms with van der Waals surface area (Å²) in [6.45, 7) is 0. The number of rotatable bonds is 5. The Labute approximate surface area is 292 Å². The maximum Gasteiger partial charge on any atom is 0.160 e. The van der Waals surface area contributed by atoms with Gasteiger partial charge in [0.05, 0.1) is 11.4 Å². The number of pyridine rings is 1. The number of benzene rings is 6. The van der Waals surface area contributed by atoms with Crippen molar-refractivity contribution in [2.24, 2.45) is 0 Å². The van der Waals surface area contributed by atoms with Crippen molar-refractivity contribution in [2.45, 2.75) is 0 Å². The van der Waals surface area contributed by atoms with Crippen LogP contribution in [0.5, 0.6) is 0 Å². The Bertz CT molecular complexity index is 2870. The van der Waals surface area contributed by atoms with Crippen LogP contribution in [0.25, 0.3) is 98.3 Å². The van der Waals surface area contributed by atoms with Gasteiger partial charge in [-0.05, 0) is 76.9 Å². The van der Waals surface area contributed by atoms with E-state index in [1.807, 2.05) is 66.2 Å². The summed E-state index contributed by atoms with van der Waals surface area (Å²) in [5.41, 5.74) is 10.7. The molecule has 4 heterocycles. The number of furan rings is 1. The van der Waals surface area contributed by atoms with Crippen molar-refractivity contribution in [1.29, 1.82) is 0 Å². The summed E-state index contributed by atoms with van der Waals surface area (Å²) in [5, 5.41) is 4.72. The molecule has 0 bridgehead atoms. The molecule has 5 heteroatoms. The van der Waals surface area contributed by atoms with E-state index in [0.717, 1.165) is 72.3 Å². The van der Waals surface area contributed by atoms with E-state index >= 15 is 0 Å². The summed E-state index contributed by atoms with van der Waals surface area (Å²) in [5.74, 6) is 0.663. The quantitative estimate of drug-likeness (QED) is 0.185. The summed E-state index contributed by atoms with van der Waals surface area (Å²) in [7, 11) is 0. The molecule has 234 valence electrons. The molecule has 0 aliphatic carbocycles. The van der Waals surface area contributed by atoms with Gasteiger partial charge in [-0.15, -0.1) is 11.3 Å². The number of thiophene rings is 1. The first kappa shape index (κ1) is 28.6. The van der Waals surface area contributed by atoms with E-state index in [9.17, 15) is 0 Å². The van der Waals surface area contributed by atoms with Crippen molar-refractivity contribution in [1.82, 2.24) is 15.0 Å². The molecule has 0 saturated heterocycles. The number of nitrogens with zero attached hydrogens (tertiary/aromatic N) is 3. The molecule has 10 rings (SSSR count). The molecular weight excluding hydrogens is 631 g/mol. The van der Waals surface area contributed by atoms with Crippen molar-refractivity contribution in [2.75, 3.05) is 0 Å². The molecule has 4 nitrogen and oxygen atoms in total. The standard InChI is InChI=1S/C45H27N3OS/c1-2-9-29(10-3-1)45-47-38(32-12-8-11-30(25-32)28-21-23-46-24-22-28)27-39(48-45)35-19-18-33(43-36-14-4-6-15-40(36)49-44(35)43)31-17-20-42-37(26-31)34-13-5-7-16-41(34)50-42/h1-27H. The molecule has 0 saturated carbocycles. The average molecular weight is 658 g/mol. The smallest absolute Gasteiger partial charge is 0.160 e. The van der Waals surface area contributed by atoms with Crippen molar-refractivity contribution in [3.8, 4) is 56.2 Å². The topological polar surface area (TPSA) is 51.8 Å². The van der Waals surface area contributed by atoms with Gasteiger partial charge in [0, 0.05) is 60.0 Å². The fourth-order valence-electron chi connectivity index (χ4n) is 7.02. The van der Waals surface area contributed by atoms with Crippen LogP contribution in [-0.4, -0.2) is 15.0 Å². The monoisotopic (exact) mass is 657 g/mol. The third kappa shape index (κ3) is 4.79. The van der Waals surface area contributed by atoms with E-state index < -0.39 is 0 Å². The van der Waals surface area contributed by atoms with Crippen LogP contribution in [0.15, 0.2) is 168 Å². The summed E-state index contributed by atoms with van der Waals surface area (Å²) in [6, 6.07) is 52.9. The van der Waals surface area contributed by atoms with Crippen LogP contribution in [0, 0.1) is 0 Å². The predicted octanol–water partition coefficient (Wildman–Crippen LogP) is 12.5. The van der Waals surface area contributed by atoms with Gasteiger partial charge in [-0.25, -0.2) is 9.97 Å². The van der Waals surface area contributed by atoms with Crippen LogP contribution in [0.2, 0.25) is 0 Å². The zero-order valence-electron chi connectivity index (χ0n) is 26.7. The van der Waals surface area contributed by atoms with Gasteiger partial charge in [-0.2, -0.15) is 0 Å². The minimum atomic E-state index is 0.663. The lowest BCUT2D eigenvalue weighted by atomic mass is 9.94. The molecule has 4 aromatic heterocycles. The Morgan fingerprint density at radius 3 is 2.06 bits per heavy atom. The van der Waals surface area contributed by atoms with Gasteiger partial charge in [-0.3, -0.25) is 4.98 Å². The van der Waals surface area contributed by atoms with Crippen LogP contribution in [0.1, 0.15) is 0 Å². The van der Waals surface area contributed by atoms with Crippen LogP contribution in [0.4, 0.5) is 0 Å². The third-order valence-electron chi connectivity index (χ3n) is 9.42. The first-order valence-corrected chi connectivity index (χ1v) is 17.4. The van der Waals surface area contributed by atoms with Crippen molar-refractivity contribution in [3.63, 3.8) is 0 Å². The van der Waals surface area contributed by atoms with Crippen molar-refractivity contribution >= 4 is 53.4 Å². The van der Waals surface area contributed by atoms with Gasteiger partial charge in [0.1, 0.15) is 11.2 Å². The number of aromatic nitrogens is 3. The van der Waals surface area contributed by atoms with Gasteiger partial charge in [0.2, 0.25) is 0 Å².